The van der Waals surface area contributed by atoms with E-state index in [2.05, 4.69) is 10.6 Å². The van der Waals surface area contributed by atoms with Crippen molar-refractivity contribution in [3.8, 4) is 0 Å². The molecule has 29 heavy (non-hydrogen) atoms. The minimum atomic E-state index is -0.805. The number of carbonyl (C=O) groups is 3. The molecule has 0 aliphatic carbocycles. The Morgan fingerprint density at radius 2 is 1.62 bits per heavy atom. The molecular formula is C22H41N3O4. The molecule has 0 aromatic rings. The second-order valence-corrected chi connectivity index (χ2v) is 9.40. The minimum Gasteiger partial charge on any atom is -0.463 e. The monoisotopic (exact) mass is 411 g/mol. The van der Waals surface area contributed by atoms with E-state index in [1.165, 1.54) is 0 Å². The lowest BCUT2D eigenvalue weighted by atomic mass is 9.84. The predicted molar refractivity (Wildman–Crippen MR) is 116 cm³/mol. The van der Waals surface area contributed by atoms with Crippen LogP contribution < -0.4 is 10.6 Å². The van der Waals surface area contributed by atoms with E-state index in [0.29, 0.717) is 12.2 Å². The van der Waals surface area contributed by atoms with Crippen LogP contribution in [-0.2, 0) is 19.1 Å². The average Bonchev–Trinajstić information content (AvgIpc) is 2.61. The van der Waals surface area contributed by atoms with Crippen LogP contribution in [0.2, 0.25) is 0 Å². The number of likely N-dealkylation sites (N-methyl/N-ethyl adjacent to an activating group) is 2. The number of hydrogen-bond donors (Lipinski definition) is 2. The highest BCUT2D eigenvalue weighted by molar-refractivity contribution is 5.92. The average molecular weight is 412 g/mol. The number of carbonyl (C=O) groups excluding carboxylic acids is 3. The fourth-order valence-corrected chi connectivity index (χ4v) is 2.74. The summed E-state index contributed by atoms with van der Waals surface area (Å²) in [7, 11) is 3.41. The first kappa shape index (κ1) is 27.1. The van der Waals surface area contributed by atoms with E-state index < -0.39 is 23.0 Å². The maximum Gasteiger partial charge on any atom is 0.333 e. The molecule has 0 unspecified atom stereocenters. The van der Waals surface area contributed by atoms with Gasteiger partial charge in [0.2, 0.25) is 11.8 Å². The summed E-state index contributed by atoms with van der Waals surface area (Å²) in [6.45, 7) is 17.0. The van der Waals surface area contributed by atoms with Crippen LogP contribution >= 0.6 is 0 Å². The maximum absolute atomic E-state index is 13.4. The van der Waals surface area contributed by atoms with E-state index in [1.807, 2.05) is 34.6 Å². The van der Waals surface area contributed by atoms with Gasteiger partial charge in [0.05, 0.1) is 18.2 Å². The lowest BCUT2D eigenvalue weighted by molar-refractivity contribution is -0.141. The number of rotatable bonds is 9. The molecular weight excluding hydrogens is 370 g/mol. The van der Waals surface area contributed by atoms with Gasteiger partial charge in [0, 0.05) is 12.6 Å². The lowest BCUT2D eigenvalue weighted by Crippen LogP contribution is -2.61. The number of amides is 2. The molecule has 0 aromatic carbocycles. The molecule has 0 aromatic heterocycles. The number of nitrogens with zero attached hydrogens (tertiary/aromatic N) is 1. The molecule has 0 heterocycles. The molecule has 0 spiro atoms. The summed E-state index contributed by atoms with van der Waals surface area (Å²) < 4.78 is 5.05. The highest BCUT2D eigenvalue weighted by Crippen LogP contribution is 2.24. The Morgan fingerprint density at radius 3 is 2.00 bits per heavy atom. The zero-order valence-corrected chi connectivity index (χ0v) is 20.1. The summed E-state index contributed by atoms with van der Waals surface area (Å²) in [5.74, 6) is -0.779. The van der Waals surface area contributed by atoms with Crippen molar-refractivity contribution < 1.29 is 19.1 Å². The van der Waals surface area contributed by atoms with Crippen LogP contribution in [0.1, 0.15) is 62.3 Å². The molecule has 0 aliphatic heterocycles. The number of hydrogen-bond acceptors (Lipinski definition) is 5. The predicted octanol–water partition coefficient (Wildman–Crippen LogP) is 2.51. The van der Waals surface area contributed by atoms with Crippen molar-refractivity contribution >= 4 is 17.8 Å². The van der Waals surface area contributed by atoms with Crippen LogP contribution in [0.5, 0.6) is 0 Å². The second kappa shape index (κ2) is 10.8. The molecule has 0 aliphatic rings. The van der Waals surface area contributed by atoms with Crippen molar-refractivity contribution in [1.82, 2.24) is 15.5 Å². The van der Waals surface area contributed by atoms with Crippen LogP contribution in [0, 0.1) is 11.3 Å². The van der Waals surface area contributed by atoms with Crippen LogP contribution in [0.4, 0.5) is 0 Å². The van der Waals surface area contributed by atoms with Gasteiger partial charge < -0.3 is 20.3 Å². The van der Waals surface area contributed by atoms with E-state index in [-0.39, 0.29) is 23.8 Å². The highest BCUT2D eigenvalue weighted by atomic mass is 16.5. The molecule has 2 amide bonds. The van der Waals surface area contributed by atoms with E-state index >= 15 is 0 Å². The molecule has 0 fully saturated rings. The van der Waals surface area contributed by atoms with Crippen molar-refractivity contribution in [2.75, 3.05) is 20.7 Å². The van der Waals surface area contributed by atoms with Gasteiger partial charge in [-0.25, -0.2) is 4.79 Å². The fraction of sp³-hybridized carbons (Fsp3) is 0.773. The Morgan fingerprint density at radius 1 is 1.10 bits per heavy atom. The largest absolute Gasteiger partial charge is 0.463 e. The Bertz CT molecular complexity index is 618. The molecule has 2 N–H and O–H groups in total. The van der Waals surface area contributed by atoms with Gasteiger partial charge in [0.1, 0.15) is 6.04 Å². The minimum absolute atomic E-state index is 0.0680. The van der Waals surface area contributed by atoms with Crippen molar-refractivity contribution in [1.29, 1.82) is 0 Å². The Labute approximate surface area is 176 Å². The topological polar surface area (TPSA) is 87.7 Å². The van der Waals surface area contributed by atoms with E-state index in [1.54, 1.807) is 52.8 Å². The second-order valence-electron chi connectivity index (χ2n) is 9.40. The number of esters is 1. The molecule has 7 nitrogen and oxygen atoms in total. The van der Waals surface area contributed by atoms with E-state index in [0.717, 1.165) is 0 Å². The SMILES string of the molecule is CCOC(=O)C(C)=C[C@H](C(C)C)N(C)C(=O)[C@@H](NC(=O)C(C)(C)NC)C(C)(C)C. The van der Waals surface area contributed by atoms with Gasteiger partial charge in [-0.1, -0.05) is 40.7 Å². The van der Waals surface area contributed by atoms with Crippen molar-refractivity contribution in [2.24, 2.45) is 11.3 Å². The van der Waals surface area contributed by atoms with E-state index in [9.17, 15) is 14.4 Å². The summed E-state index contributed by atoms with van der Waals surface area (Å²) in [4.78, 5) is 39.7. The zero-order valence-electron chi connectivity index (χ0n) is 20.1. The number of nitrogens with one attached hydrogen (secondary N) is 2. The number of ether oxygens (including phenoxy) is 1. The maximum atomic E-state index is 13.4. The Balaban J connectivity index is 5.83. The molecule has 0 saturated carbocycles. The molecule has 0 radical (unpaired) electrons. The lowest BCUT2D eigenvalue weighted by Gasteiger charge is -2.38. The van der Waals surface area contributed by atoms with Gasteiger partial charge in [0.25, 0.3) is 0 Å². The standard InChI is InChI=1S/C22H41N3O4/c1-12-29-19(27)15(4)13-16(14(2)3)25(11)18(26)17(21(5,6)7)24-20(28)22(8,9)23-10/h13-14,16-17,23H,12H2,1-11H3,(H,24,28)/t16-,17-/m1/s1. The van der Waals surface area contributed by atoms with Crippen molar-refractivity contribution in [3.63, 3.8) is 0 Å². The van der Waals surface area contributed by atoms with Crippen molar-refractivity contribution in [2.45, 2.75) is 79.9 Å². The van der Waals surface area contributed by atoms with Crippen LogP contribution in [0.3, 0.4) is 0 Å². The van der Waals surface area contributed by atoms with Gasteiger partial charge in [-0.05, 0) is 46.1 Å². The first-order chi connectivity index (χ1) is 13.1. The Kier molecular flexibility index (Phi) is 10.1. The zero-order chi connectivity index (χ0) is 23.2. The molecule has 0 bridgehead atoms. The first-order valence-electron chi connectivity index (χ1n) is 10.2. The molecule has 0 saturated heterocycles. The summed E-state index contributed by atoms with van der Waals surface area (Å²) >= 11 is 0. The first-order valence-corrected chi connectivity index (χ1v) is 10.2. The highest BCUT2D eigenvalue weighted by Gasteiger charge is 2.39. The third-order valence-corrected chi connectivity index (χ3v) is 5.08. The molecule has 7 heteroatoms. The van der Waals surface area contributed by atoms with E-state index in [4.69, 9.17) is 4.74 Å². The summed E-state index contributed by atoms with van der Waals surface area (Å²) in [6, 6.07) is -1.03. The summed E-state index contributed by atoms with van der Waals surface area (Å²) in [5.41, 5.74) is -0.843. The molecule has 0 rings (SSSR count). The van der Waals surface area contributed by atoms with Gasteiger partial charge in [0.15, 0.2) is 0 Å². The van der Waals surface area contributed by atoms with Gasteiger partial charge >= 0.3 is 5.97 Å². The molecule has 2 atom stereocenters. The molecule has 168 valence electrons. The van der Waals surface area contributed by atoms with Gasteiger partial charge in [-0.15, -0.1) is 0 Å². The fourth-order valence-electron chi connectivity index (χ4n) is 2.74. The third kappa shape index (κ3) is 7.80. The van der Waals surface area contributed by atoms with Crippen LogP contribution in [0.25, 0.3) is 0 Å². The van der Waals surface area contributed by atoms with Gasteiger partial charge in [-0.3, -0.25) is 9.59 Å². The summed E-state index contributed by atoms with van der Waals surface area (Å²) in [6.07, 6.45) is 1.76. The smallest absolute Gasteiger partial charge is 0.333 e. The quantitative estimate of drug-likeness (QED) is 0.450. The van der Waals surface area contributed by atoms with Crippen molar-refractivity contribution in [3.05, 3.63) is 11.6 Å². The van der Waals surface area contributed by atoms with Gasteiger partial charge in [-0.2, -0.15) is 0 Å². The van der Waals surface area contributed by atoms with Crippen LogP contribution in [0.15, 0.2) is 11.6 Å². The Hall–Kier alpha value is -1.89. The third-order valence-electron chi connectivity index (χ3n) is 5.08. The normalized spacial score (nSPS) is 15.0. The van der Waals surface area contributed by atoms with Crippen LogP contribution in [-0.4, -0.2) is 61.0 Å². The summed E-state index contributed by atoms with van der Waals surface area (Å²) in [5, 5.41) is 5.87.